The van der Waals surface area contributed by atoms with Gasteiger partial charge in [0, 0.05) is 10.7 Å². The zero-order valence-electron chi connectivity index (χ0n) is 13.5. The van der Waals surface area contributed by atoms with E-state index in [4.69, 9.17) is 11.6 Å². The number of hydrogen-bond acceptors (Lipinski definition) is 3. The summed E-state index contributed by atoms with van der Waals surface area (Å²) >= 11 is 5.66. The van der Waals surface area contributed by atoms with E-state index in [0.29, 0.717) is 11.3 Å². The van der Waals surface area contributed by atoms with Gasteiger partial charge >= 0.3 is 6.03 Å². The van der Waals surface area contributed by atoms with Crippen molar-refractivity contribution in [1.82, 2.24) is 5.32 Å². The van der Waals surface area contributed by atoms with E-state index >= 15 is 0 Å². The molecule has 2 amide bonds. The number of anilines is 2. The maximum absolute atomic E-state index is 13.7. The van der Waals surface area contributed by atoms with Crippen LogP contribution in [0.15, 0.2) is 42.5 Å². The van der Waals surface area contributed by atoms with E-state index in [1.54, 1.807) is 31.2 Å². The minimum atomic E-state index is -3.39. The third-order valence-electron chi connectivity index (χ3n) is 3.22. The Balaban J connectivity index is 2.04. The molecular formula is C16H17ClFN3O3S. The monoisotopic (exact) mass is 385 g/mol. The van der Waals surface area contributed by atoms with Gasteiger partial charge < -0.3 is 10.6 Å². The summed E-state index contributed by atoms with van der Waals surface area (Å²) in [6.07, 6.45) is 1.05. The Kier molecular flexibility index (Phi) is 5.86. The molecule has 0 spiro atoms. The number of carbonyl (C=O) groups excluding carboxylic acids is 1. The van der Waals surface area contributed by atoms with Gasteiger partial charge in [0.15, 0.2) is 0 Å². The van der Waals surface area contributed by atoms with Gasteiger partial charge in [0.05, 0.1) is 18.0 Å². The first kappa shape index (κ1) is 19.0. The van der Waals surface area contributed by atoms with E-state index in [2.05, 4.69) is 15.4 Å². The first-order chi connectivity index (χ1) is 11.6. The number of sulfonamides is 1. The van der Waals surface area contributed by atoms with E-state index in [9.17, 15) is 17.6 Å². The highest BCUT2D eigenvalue weighted by Crippen LogP contribution is 2.20. The van der Waals surface area contributed by atoms with Gasteiger partial charge in [-0.25, -0.2) is 17.6 Å². The minimum absolute atomic E-state index is 0.00148. The number of nitrogens with one attached hydrogen (secondary N) is 3. The average Bonchev–Trinajstić information content (AvgIpc) is 2.48. The second kappa shape index (κ2) is 7.71. The molecule has 1 atom stereocenters. The van der Waals surface area contributed by atoms with E-state index in [0.717, 1.165) is 12.3 Å². The van der Waals surface area contributed by atoms with Gasteiger partial charge in [-0.15, -0.1) is 0 Å². The predicted octanol–water partition coefficient (Wildman–Crippen LogP) is 3.73. The molecule has 0 fully saturated rings. The van der Waals surface area contributed by atoms with Crippen LogP contribution in [0.3, 0.4) is 0 Å². The van der Waals surface area contributed by atoms with Crippen molar-refractivity contribution in [1.29, 1.82) is 0 Å². The van der Waals surface area contributed by atoms with E-state index < -0.39 is 27.9 Å². The predicted molar refractivity (Wildman–Crippen MR) is 96.9 cm³/mol. The van der Waals surface area contributed by atoms with E-state index in [1.807, 2.05) is 0 Å². The molecule has 0 aliphatic carbocycles. The second-order valence-electron chi connectivity index (χ2n) is 5.44. The zero-order valence-corrected chi connectivity index (χ0v) is 15.1. The van der Waals surface area contributed by atoms with Crippen molar-refractivity contribution in [2.45, 2.75) is 13.0 Å². The number of hydrogen-bond donors (Lipinski definition) is 3. The topological polar surface area (TPSA) is 87.3 Å². The van der Waals surface area contributed by atoms with Crippen LogP contribution in [0.25, 0.3) is 0 Å². The molecule has 0 saturated carbocycles. The molecule has 6 nitrogen and oxygen atoms in total. The highest BCUT2D eigenvalue weighted by atomic mass is 35.5. The lowest BCUT2D eigenvalue weighted by molar-refractivity contribution is 0.249. The minimum Gasteiger partial charge on any atom is -0.331 e. The van der Waals surface area contributed by atoms with Gasteiger partial charge in [-0.1, -0.05) is 23.7 Å². The Hall–Kier alpha value is -2.32. The molecule has 0 radical (unpaired) electrons. The highest BCUT2D eigenvalue weighted by Gasteiger charge is 2.13. The van der Waals surface area contributed by atoms with Crippen LogP contribution in [0.5, 0.6) is 0 Å². The summed E-state index contributed by atoms with van der Waals surface area (Å²) in [5, 5.41) is 5.27. The van der Waals surface area contributed by atoms with Crippen LogP contribution in [0.2, 0.25) is 5.02 Å². The number of halogens is 2. The largest absolute Gasteiger partial charge is 0.331 e. The summed E-state index contributed by atoms with van der Waals surface area (Å²) in [5.74, 6) is -0.644. The fourth-order valence-electron chi connectivity index (χ4n) is 2.11. The van der Waals surface area contributed by atoms with Gasteiger partial charge in [0.2, 0.25) is 10.0 Å². The van der Waals surface area contributed by atoms with Crippen LogP contribution in [-0.2, 0) is 10.0 Å². The van der Waals surface area contributed by atoms with Crippen LogP contribution in [0.1, 0.15) is 18.5 Å². The Morgan fingerprint density at radius 3 is 2.56 bits per heavy atom. The molecule has 2 aromatic rings. The smallest absolute Gasteiger partial charge is 0.319 e. The zero-order chi connectivity index (χ0) is 18.6. The van der Waals surface area contributed by atoms with Crippen LogP contribution >= 0.6 is 11.6 Å². The molecule has 3 N–H and O–H groups in total. The summed E-state index contributed by atoms with van der Waals surface area (Å²) in [6.45, 7) is 1.72. The van der Waals surface area contributed by atoms with Gasteiger partial charge in [-0.3, -0.25) is 4.72 Å². The first-order valence-corrected chi connectivity index (χ1v) is 9.51. The molecule has 1 unspecified atom stereocenters. The van der Waals surface area contributed by atoms with Gasteiger partial charge in [-0.05, 0) is 42.8 Å². The molecule has 134 valence electrons. The lowest BCUT2D eigenvalue weighted by Crippen LogP contribution is -2.31. The van der Waals surface area contributed by atoms with Crippen LogP contribution in [-0.4, -0.2) is 20.7 Å². The van der Waals surface area contributed by atoms with Crippen molar-refractivity contribution in [2.75, 3.05) is 16.3 Å². The average molecular weight is 386 g/mol. The fraction of sp³-hybridized carbons (Fsp3) is 0.188. The molecule has 2 aromatic carbocycles. The number of amides is 2. The Bertz CT molecular complexity index is 890. The fourth-order valence-corrected chi connectivity index (χ4v) is 2.83. The number of benzene rings is 2. The molecule has 2 rings (SSSR count). The molecular weight excluding hydrogens is 369 g/mol. The maximum atomic E-state index is 13.7. The summed E-state index contributed by atoms with van der Waals surface area (Å²) in [7, 11) is -3.39. The van der Waals surface area contributed by atoms with Crippen molar-refractivity contribution >= 4 is 39.0 Å². The van der Waals surface area contributed by atoms with Crippen molar-refractivity contribution in [2.24, 2.45) is 0 Å². The molecule has 25 heavy (non-hydrogen) atoms. The third kappa shape index (κ3) is 5.91. The standard InChI is InChI=1S/C16H17ClFN3O3S/c1-10(11-4-3-5-13(8-11)21-25(2,23)24)19-16(22)20-15-7-6-12(17)9-14(15)18/h3-10,21H,1-2H3,(H2,19,20,22). The summed E-state index contributed by atoms with van der Waals surface area (Å²) in [5.41, 5.74) is 1.07. The number of rotatable bonds is 5. The van der Waals surface area contributed by atoms with Crippen molar-refractivity contribution in [3.8, 4) is 0 Å². The van der Waals surface area contributed by atoms with Gasteiger partial charge in [-0.2, -0.15) is 0 Å². The molecule has 0 aliphatic heterocycles. The maximum Gasteiger partial charge on any atom is 0.319 e. The van der Waals surface area contributed by atoms with Gasteiger partial charge in [0.1, 0.15) is 5.82 Å². The summed E-state index contributed by atoms with van der Waals surface area (Å²) in [6, 6.07) is 9.49. The summed E-state index contributed by atoms with van der Waals surface area (Å²) < 4.78 is 38.6. The Morgan fingerprint density at radius 2 is 1.92 bits per heavy atom. The molecule has 0 heterocycles. The lowest BCUT2D eigenvalue weighted by atomic mass is 10.1. The van der Waals surface area contributed by atoms with Gasteiger partial charge in [0.25, 0.3) is 0 Å². The van der Waals surface area contributed by atoms with Crippen LogP contribution < -0.4 is 15.4 Å². The second-order valence-corrected chi connectivity index (χ2v) is 7.63. The molecule has 9 heteroatoms. The Morgan fingerprint density at radius 1 is 1.20 bits per heavy atom. The third-order valence-corrected chi connectivity index (χ3v) is 4.06. The van der Waals surface area contributed by atoms with Crippen LogP contribution in [0.4, 0.5) is 20.6 Å². The van der Waals surface area contributed by atoms with Crippen LogP contribution in [0, 0.1) is 5.82 Å². The number of carbonyl (C=O) groups is 1. The highest BCUT2D eigenvalue weighted by molar-refractivity contribution is 7.92. The summed E-state index contributed by atoms with van der Waals surface area (Å²) in [4.78, 5) is 12.0. The molecule has 0 saturated heterocycles. The van der Waals surface area contributed by atoms with Crippen molar-refractivity contribution in [3.05, 3.63) is 58.9 Å². The molecule has 0 bridgehead atoms. The SMILES string of the molecule is CC(NC(=O)Nc1ccc(Cl)cc1F)c1cccc(NS(C)(=O)=O)c1. The van der Waals surface area contributed by atoms with Crippen molar-refractivity contribution < 1.29 is 17.6 Å². The van der Waals surface area contributed by atoms with E-state index in [1.165, 1.54) is 12.1 Å². The molecule has 0 aromatic heterocycles. The normalized spacial score (nSPS) is 12.3. The lowest BCUT2D eigenvalue weighted by Gasteiger charge is -2.16. The first-order valence-electron chi connectivity index (χ1n) is 7.24. The quantitative estimate of drug-likeness (QED) is 0.732. The van der Waals surface area contributed by atoms with Crippen molar-refractivity contribution in [3.63, 3.8) is 0 Å². The Labute approximate surface area is 150 Å². The molecule has 0 aliphatic rings. The number of urea groups is 1. The van der Waals surface area contributed by atoms with E-state index in [-0.39, 0.29) is 10.7 Å².